The third-order valence-corrected chi connectivity index (χ3v) is 5.62. The Morgan fingerprint density at radius 1 is 1.18 bits per heavy atom. The van der Waals surface area contributed by atoms with E-state index < -0.39 is 0 Å². The molecule has 2 saturated heterocycles. The van der Waals surface area contributed by atoms with E-state index in [0.29, 0.717) is 25.0 Å². The zero-order valence-corrected chi connectivity index (χ0v) is 13.6. The number of nitrogens with one attached hydrogen (secondary N) is 2. The first-order valence-corrected chi connectivity index (χ1v) is 9.01. The Kier molecular flexibility index (Phi) is 5.01. The predicted octanol–water partition coefficient (Wildman–Crippen LogP) is 1.28. The summed E-state index contributed by atoms with van der Waals surface area (Å²) in [7, 11) is 0. The van der Waals surface area contributed by atoms with Crippen molar-refractivity contribution in [3.8, 4) is 0 Å². The highest BCUT2D eigenvalue weighted by Crippen LogP contribution is 2.34. The maximum atomic E-state index is 12.8. The zero-order chi connectivity index (χ0) is 15.5. The molecular formula is C17H29N3O2. The van der Waals surface area contributed by atoms with E-state index in [0.717, 1.165) is 25.8 Å². The number of rotatable bonds is 3. The smallest absolute Gasteiger partial charge is 0.239 e. The van der Waals surface area contributed by atoms with E-state index in [1.165, 1.54) is 25.7 Å². The van der Waals surface area contributed by atoms with E-state index in [1.807, 2.05) is 11.8 Å². The predicted molar refractivity (Wildman–Crippen MR) is 85.3 cm³/mol. The van der Waals surface area contributed by atoms with Crippen molar-refractivity contribution in [1.29, 1.82) is 0 Å². The summed E-state index contributed by atoms with van der Waals surface area (Å²) < 4.78 is 0. The van der Waals surface area contributed by atoms with Gasteiger partial charge in [0, 0.05) is 25.7 Å². The van der Waals surface area contributed by atoms with Gasteiger partial charge in [0.2, 0.25) is 11.8 Å². The molecule has 2 N–H and O–H groups in total. The number of nitrogens with zero attached hydrogens (tertiary/aromatic N) is 1. The Balaban J connectivity index is 1.56. The van der Waals surface area contributed by atoms with E-state index in [2.05, 4.69) is 10.6 Å². The van der Waals surface area contributed by atoms with Gasteiger partial charge in [0.05, 0.1) is 12.0 Å². The third-order valence-electron chi connectivity index (χ3n) is 5.62. The van der Waals surface area contributed by atoms with Gasteiger partial charge in [-0.2, -0.15) is 0 Å². The molecule has 2 aliphatic heterocycles. The van der Waals surface area contributed by atoms with Crippen LogP contribution in [0.2, 0.25) is 0 Å². The number of carbonyl (C=O) groups excluding carboxylic acids is 2. The molecule has 0 radical (unpaired) electrons. The maximum Gasteiger partial charge on any atom is 0.239 e. The van der Waals surface area contributed by atoms with Crippen LogP contribution in [0.25, 0.3) is 0 Å². The molecule has 0 aromatic heterocycles. The quantitative estimate of drug-likeness (QED) is 0.826. The van der Waals surface area contributed by atoms with Gasteiger partial charge in [-0.3, -0.25) is 9.59 Å². The van der Waals surface area contributed by atoms with Crippen molar-refractivity contribution in [1.82, 2.24) is 15.5 Å². The molecule has 0 unspecified atom stereocenters. The Labute approximate surface area is 133 Å². The molecule has 5 heteroatoms. The molecule has 4 atom stereocenters. The van der Waals surface area contributed by atoms with Crippen LogP contribution in [0.4, 0.5) is 0 Å². The van der Waals surface area contributed by atoms with Gasteiger partial charge in [0.1, 0.15) is 0 Å². The van der Waals surface area contributed by atoms with Gasteiger partial charge >= 0.3 is 0 Å². The van der Waals surface area contributed by atoms with E-state index in [4.69, 9.17) is 0 Å². The zero-order valence-electron chi connectivity index (χ0n) is 13.6. The minimum atomic E-state index is -0.0265. The van der Waals surface area contributed by atoms with Crippen molar-refractivity contribution >= 4 is 11.8 Å². The number of fused-ring (bicyclic) bond motifs is 1. The Morgan fingerprint density at radius 2 is 2.00 bits per heavy atom. The molecule has 0 aromatic carbocycles. The Morgan fingerprint density at radius 3 is 2.77 bits per heavy atom. The average Bonchev–Trinajstić information content (AvgIpc) is 2.98. The molecule has 0 aromatic rings. The summed E-state index contributed by atoms with van der Waals surface area (Å²) in [5.41, 5.74) is 0. The highest BCUT2D eigenvalue weighted by atomic mass is 16.2. The first-order valence-electron chi connectivity index (χ1n) is 9.01. The van der Waals surface area contributed by atoms with Crippen LogP contribution in [0.1, 0.15) is 51.9 Å². The lowest BCUT2D eigenvalue weighted by molar-refractivity contribution is -0.137. The largest absolute Gasteiger partial charge is 0.356 e. The van der Waals surface area contributed by atoms with Crippen LogP contribution in [-0.2, 0) is 9.59 Å². The molecule has 2 heterocycles. The van der Waals surface area contributed by atoms with Crippen molar-refractivity contribution in [2.75, 3.05) is 19.6 Å². The summed E-state index contributed by atoms with van der Waals surface area (Å²) in [6.45, 7) is 4.01. The number of carbonyl (C=O) groups is 2. The van der Waals surface area contributed by atoms with Gasteiger partial charge in [-0.1, -0.05) is 12.8 Å². The SMILES string of the molecule is CCNC(=O)[C@@H]1CCCN(C(=O)[C@@H]2C[C@@H]3CCCC[C@@H]3N2)C1. The average molecular weight is 307 g/mol. The molecular weight excluding hydrogens is 278 g/mol. The molecule has 2 amide bonds. The Hall–Kier alpha value is -1.10. The van der Waals surface area contributed by atoms with Crippen molar-refractivity contribution in [2.24, 2.45) is 11.8 Å². The van der Waals surface area contributed by atoms with Gasteiger partial charge < -0.3 is 15.5 Å². The second-order valence-electron chi connectivity index (χ2n) is 7.12. The summed E-state index contributed by atoms with van der Waals surface area (Å²) in [6, 6.07) is 0.535. The van der Waals surface area contributed by atoms with Gasteiger partial charge in [-0.15, -0.1) is 0 Å². The molecule has 3 aliphatic rings. The minimum Gasteiger partial charge on any atom is -0.356 e. The number of hydrogen-bond acceptors (Lipinski definition) is 3. The highest BCUT2D eigenvalue weighted by Gasteiger charge is 2.40. The normalized spacial score (nSPS) is 35.0. The summed E-state index contributed by atoms with van der Waals surface area (Å²) >= 11 is 0. The first-order chi connectivity index (χ1) is 10.7. The molecule has 22 heavy (non-hydrogen) atoms. The van der Waals surface area contributed by atoms with E-state index in [1.54, 1.807) is 0 Å². The summed E-state index contributed by atoms with van der Waals surface area (Å²) in [6.07, 6.45) is 7.92. The summed E-state index contributed by atoms with van der Waals surface area (Å²) in [5, 5.41) is 6.46. The standard InChI is InChI=1S/C17H29N3O2/c1-2-18-16(21)13-7-5-9-20(11-13)17(22)15-10-12-6-3-4-8-14(12)19-15/h12-15,19H,2-11H2,1H3,(H,18,21)/t12-,13+,14-,15-/m0/s1. The van der Waals surface area contributed by atoms with Crippen molar-refractivity contribution in [2.45, 2.75) is 64.0 Å². The first kappa shape index (κ1) is 15.8. The second kappa shape index (κ2) is 6.99. The number of likely N-dealkylation sites (tertiary alicyclic amines) is 1. The molecule has 0 bridgehead atoms. The van der Waals surface area contributed by atoms with Gasteiger partial charge in [0.25, 0.3) is 0 Å². The molecule has 3 fully saturated rings. The van der Waals surface area contributed by atoms with E-state index in [9.17, 15) is 9.59 Å². The van der Waals surface area contributed by atoms with Crippen molar-refractivity contribution in [3.63, 3.8) is 0 Å². The number of amides is 2. The maximum absolute atomic E-state index is 12.8. The van der Waals surface area contributed by atoms with Crippen LogP contribution >= 0.6 is 0 Å². The van der Waals surface area contributed by atoms with E-state index in [-0.39, 0.29) is 23.8 Å². The van der Waals surface area contributed by atoms with E-state index >= 15 is 0 Å². The molecule has 5 nitrogen and oxygen atoms in total. The van der Waals surface area contributed by atoms with Crippen LogP contribution < -0.4 is 10.6 Å². The Bertz CT molecular complexity index is 412. The minimum absolute atomic E-state index is 0.0129. The number of hydrogen-bond donors (Lipinski definition) is 2. The lowest BCUT2D eigenvalue weighted by Crippen LogP contribution is -2.51. The topological polar surface area (TPSA) is 61.4 Å². The molecule has 124 valence electrons. The monoisotopic (exact) mass is 307 g/mol. The van der Waals surface area contributed by atoms with Gasteiger partial charge in [-0.25, -0.2) is 0 Å². The fraction of sp³-hybridized carbons (Fsp3) is 0.882. The van der Waals surface area contributed by atoms with Crippen LogP contribution in [0.3, 0.4) is 0 Å². The summed E-state index contributed by atoms with van der Waals surface area (Å²) in [5.74, 6) is 0.990. The number of piperidine rings is 1. The summed E-state index contributed by atoms with van der Waals surface area (Å²) in [4.78, 5) is 26.8. The molecule has 1 aliphatic carbocycles. The van der Waals surface area contributed by atoms with Crippen LogP contribution in [0, 0.1) is 11.8 Å². The lowest BCUT2D eigenvalue weighted by Gasteiger charge is -2.33. The van der Waals surface area contributed by atoms with Gasteiger partial charge in [0.15, 0.2) is 0 Å². The van der Waals surface area contributed by atoms with Crippen LogP contribution in [0.15, 0.2) is 0 Å². The van der Waals surface area contributed by atoms with Crippen molar-refractivity contribution < 1.29 is 9.59 Å². The highest BCUT2D eigenvalue weighted by molar-refractivity contribution is 5.84. The van der Waals surface area contributed by atoms with Gasteiger partial charge in [-0.05, 0) is 44.9 Å². The molecule has 1 saturated carbocycles. The van der Waals surface area contributed by atoms with Crippen molar-refractivity contribution in [3.05, 3.63) is 0 Å². The third kappa shape index (κ3) is 3.29. The second-order valence-corrected chi connectivity index (χ2v) is 7.12. The van der Waals surface area contributed by atoms with Crippen LogP contribution in [-0.4, -0.2) is 48.4 Å². The van der Waals surface area contributed by atoms with Crippen LogP contribution in [0.5, 0.6) is 0 Å². The molecule has 0 spiro atoms. The fourth-order valence-electron chi connectivity index (χ4n) is 4.44. The lowest BCUT2D eigenvalue weighted by atomic mass is 9.85. The molecule has 3 rings (SSSR count). The fourth-order valence-corrected chi connectivity index (χ4v) is 4.44.